The van der Waals surface area contributed by atoms with Crippen molar-refractivity contribution < 1.29 is 13.9 Å². The summed E-state index contributed by atoms with van der Waals surface area (Å²) in [5.74, 6) is -0.815. The van der Waals surface area contributed by atoms with Crippen LogP contribution in [0.3, 0.4) is 0 Å². The van der Waals surface area contributed by atoms with Crippen LogP contribution in [-0.4, -0.2) is 13.1 Å². The summed E-state index contributed by atoms with van der Waals surface area (Å²) >= 11 is 5.78. The van der Waals surface area contributed by atoms with Crippen LogP contribution in [-0.2, 0) is 22.4 Å². The molecule has 2 nitrogen and oxygen atoms in total. The number of esters is 1. The van der Waals surface area contributed by atoms with E-state index in [0.29, 0.717) is 29.8 Å². The molecule has 0 saturated carbocycles. The second kappa shape index (κ2) is 4.42. The summed E-state index contributed by atoms with van der Waals surface area (Å²) in [5, 5.41) is 0.410. The van der Waals surface area contributed by atoms with Gasteiger partial charge in [0.2, 0.25) is 0 Å². The summed E-state index contributed by atoms with van der Waals surface area (Å²) in [6.45, 7) is 0. The van der Waals surface area contributed by atoms with Gasteiger partial charge in [-0.05, 0) is 42.5 Å². The van der Waals surface area contributed by atoms with Gasteiger partial charge in [0.25, 0.3) is 0 Å². The standard InChI is InChI=1S/C12H12ClFO2/c1-16-12(15)8-3-2-7-4-9(13)6-11(14)10(7)5-8/h4,6,8H,2-3,5H2,1H3. The molecule has 0 fully saturated rings. The van der Waals surface area contributed by atoms with Gasteiger partial charge in [-0.3, -0.25) is 4.79 Å². The molecule has 4 heteroatoms. The fourth-order valence-corrected chi connectivity index (χ4v) is 2.38. The number of carbonyl (C=O) groups is 1. The Bertz CT molecular complexity index is 431. The zero-order chi connectivity index (χ0) is 11.7. The zero-order valence-electron chi connectivity index (χ0n) is 8.93. The smallest absolute Gasteiger partial charge is 0.309 e. The number of hydrogen-bond donors (Lipinski definition) is 0. The third kappa shape index (κ3) is 2.05. The number of methoxy groups -OCH3 is 1. The number of fused-ring (bicyclic) bond motifs is 1. The molecule has 0 N–H and O–H groups in total. The lowest BCUT2D eigenvalue weighted by Gasteiger charge is -2.23. The van der Waals surface area contributed by atoms with Crippen molar-refractivity contribution in [2.45, 2.75) is 19.3 Å². The van der Waals surface area contributed by atoms with Gasteiger partial charge in [-0.1, -0.05) is 11.6 Å². The molecule has 1 aromatic rings. The monoisotopic (exact) mass is 242 g/mol. The van der Waals surface area contributed by atoms with Crippen molar-refractivity contribution in [2.75, 3.05) is 7.11 Å². The van der Waals surface area contributed by atoms with Gasteiger partial charge in [0, 0.05) is 5.02 Å². The fourth-order valence-electron chi connectivity index (χ4n) is 2.15. The molecule has 1 aliphatic rings. The van der Waals surface area contributed by atoms with E-state index >= 15 is 0 Å². The third-order valence-electron chi connectivity index (χ3n) is 3.00. The van der Waals surface area contributed by atoms with Gasteiger partial charge in [-0.2, -0.15) is 0 Å². The predicted molar refractivity (Wildman–Crippen MR) is 58.9 cm³/mol. The Kier molecular flexibility index (Phi) is 3.15. The van der Waals surface area contributed by atoms with Crippen molar-refractivity contribution >= 4 is 17.6 Å². The first-order valence-corrected chi connectivity index (χ1v) is 5.54. The zero-order valence-corrected chi connectivity index (χ0v) is 9.68. The molecule has 2 rings (SSSR count). The number of rotatable bonds is 1. The van der Waals surface area contributed by atoms with Gasteiger partial charge in [0.1, 0.15) is 5.82 Å². The largest absolute Gasteiger partial charge is 0.469 e. The molecule has 1 unspecified atom stereocenters. The van der Waals surface area contributed by atoms with Gasteiger partial charge in [-0.25, -0.2) is 4.39 Å². The molecule has 1 aliphatic carbocycles. The summed E-state index contributed by atoms with van der Waals surface area (Å²) in [6, 6.07) is 3.06. The van der Waals surface area contributed by atoms with Crippen LogP contribution in [0.2, 0.25) is 5.02 Å². The highest BCUT2D eigenvalue weighted by Gasteiger charge is 2.27. The van der Waals surface area contributed by atoms with E-state index in [9.17, 15) is 9.18 Å². The first kappa shape index (κ1) is 11.4. The number of hydrogen-bond acceptors (Lipinski definition) is 2. The second-order valence-corrected chi connectivity index (χ2v) is 4.42. The van der Waals surface area contributed by atoms with Crippen LogP contribution in [0, 0.1) is 11.7 Å². The highest BCUT2D eigenvalue weighted by molar-refractivity contribution is 6.30. The van der Waals surface area contributed by atoms with E-state index in [1.165, 1.54) is 13.2 Å². The van der Waals surface area contributed by atoms with Gasteiger partial charge < -0.3 is 4.74 Å². The van der Waals surface area contributed by atoms with Crippen molar-refractivity contribution in [1.82, 2.24) is 0 Å². The van der Waals surface area contributed by atoms with E-state index in [-0.39, 0.29) is 17.7 Å². The Balaban J connectivity index is 2.30. The van der Waals surface area contributed by atoms with Gasteiger partial charge in [0.05, 0.1) is 13.0 Å². The van der Waals surface area contributed by atoms with Crippen molar-refractivity contribution in [3.63, 3.8) is 0 Å². The molecule has 0 bridgehead atoms. The quantitative estimate of drug-likeness (QED) is 0.708. The fraction of sp³-hybridized carbons (Fsp3) is 0.417. The lowest BCUT2D eigenvalue weighted by atomic mass is 9.83. The van der Waals surface area contributed by atoms with Crippen molar-refractivity contribution in [2.24, 2.45) is 5.92 Å². The molecule has 1 aromatic carbocycles. The lowest BCUT2D eigenvalue weighted by Crippen LogP contribution is -2.24. The third-order valence-corrected chi connectivity index (χ3v) is 3.22. The molecule has 0 heterocycles. The maximum atomic E-state index is 13.6. The van der Waals surface area contributed by atoms with E-state index in [2.05, 4.69) is 4.74 Å². The van der Waals surface area contributed by atoms with Crippen LogP contribution >= 0.6 is 11.6 Å². The number of aryl methyl sites for hydroxylation is 1. The topological polar surface area (TPSA) is 26.3 Å². The van der Waals surface area contributed by atoms with Crippen molar-refractivity contribution in [1.29, 1.82) is 0 Å². The normalized spacial score (nSPS) is 19.1. The van der Waals surface area contributed by atoms with E-state index in [1.54, 1.807) is 6.07 Å². The van der Waals surface area contributed by atoms with Crippen LogP contribution in [0.1, 0.15) is 17.5 Å². The minimum Gasteiger partial charge on any atom is -0.469 e. The van der Waals surface area contributed by atoms with Gasteiger partial charge in [-0.15, -0.1) is 0 Å². The maximum absolute atomic E-state index is 13.6. The first-order valence-electron chi connectivity index (χ1n) is 5.16. The summed E-state index contributed by atoms with van der Waals surface area (Å²) in [5.41, 5.74) is 1.51. The maximum Gasteiger partial charge on any atom is 0.309 e. The van der Waals surface area contributed by atoms with Crippen molar-refractivity contribution in [3.05, 3.63) is 34.1 Å². The average Bonchev–Trinajstić information content (AvgIpc) is 2.27. The summed E-state index contributed by atoms with van der Waals surface area (Å²) in [7, 11) is 1.36. The minimum absolute atomic E-state index is 0.229. The molecule has 0 radical (unpaired) electrons. The molecule has 86 valence electrons. The van der Waals surface area contributed by atoms with Gasteiger partial charge in [0.15, 0.2) is 0 Å². The molecular weight excluding hydrogens is 231 g/mol. The molecule has 0 aromatic heterocycles. The van der Waals surface area contributed by atoms with Crippen LogP contribution in [0.4, 0.5) is 4.39 Å². The Labute approximate surface area is 98.4 Å². The summed E-state index contributed by atoms with van der Waals surface area (Å²) in [4.78, 5) is 11.4. The molecule has 0 spiro atoms. The Morgan fingerprint density at radius 1 is 1.56 bits per heavy atom. The Morgan fingerprint density at radius 3 is 3.00 bits per heavy atom. The second-order valence-electron chi connectivity index (χ2n) is 3.99. The van der Waals surface area contributed by atoms with E-state index in [1.807, 2.05) is 0 Å². The highest BCUT2D eigenvalue weighted by Crippen LogP contribution is 2.30. The van der Waals surface area contributed by atoms with Crippen LogP contribution in [0.15, 0.2) is 12.1 Å². The first-order chi connectivity index (χ1) is 7.61. The molecule has 1 atom stereocenters. The summed E-state index contributed by atoms with van der Waals surface area (Å²) in [6.07, 6.45) is 1.77. The Hall–Kier alpha value is -1.09. The van der Waals surface area contributed by atoms with E-state index in [0.717, 1.165) is 5.56 Å². The van der Waals surface area contributed by atoms with Gasteiger partial charge >= 0.3 is 5.97 Å². The van der Waals surface area contributed by atoms with E-state index < -0.39 is 0 Å². The molecule has 16 heavy (non-hydrogen) atoms. The van der Waals surface area contributed by atoms with Crippen molar-refractivity contribution in [3.8, 4) is 0 Å². The number of ether oxygens (including phenoxy) is 1. The molecular formula is C12H12ClFO2. The SMILES string of the molecule is COC(=O)C1CCc2cc(Cl)cc(F)c2C1. The minimum atomic E-state index is -0.323. The average molecular weight is 243 g/mol. The Morgan fingerprint density at radius 2 is 2.31 bits per heavy atom. The van der Waals surface area contributed by atoms with E-state index in [4.69, 9.17) is 11.6 Å². The summed E-state index contributed by atoms with van der Waals surface area (Å²) < 4.78 is 18.3. The predicted octanol–water partition coefficient (Wildman–Crippen LogP) is 2.76. The molecule has 0 aliphatic heterocycles. The lowest BCUT2D eigenvalue weighted by molar-refractivity contribution is -0.145. The van der Waals surface area contributed by atoms with Crippen LogP contribution < -0.4 is 0 Å². The molecule has 0 saturated heterocycles. The number of benzene rings is 1. The van der Waals surface area contributed by atoms with Crippen LogP contribution in [0.5, 0.6) is 0 Å². The number of halogens is 2. The number of carbonyl (C=O) groups excluding carboxylic acids is 1. The highest BCUT2D eigenvalue weighted by atomic mass is 35.5. The molecule has 0 amide bonds. The van der Waals surface area contributed by atoms with Crippen LogP contribution in [0.25, 0.3) is 0 Å².